The molecule has 1 fully saturated rings. The number of phenolic OH excluding ortho intramolecular Hbond substituents is 1. The van der Waals surface area contributed by atoms with E-state index in [1.54, 1.807) is 12.1 Å². The molecule has 1 aliphatic heterocycles. The number of nitrogens with zero attached hydrogens (tertiary/aromatic N) is 2. The molecule has 2 rings (SSSR count). The van der Waals surface area contributed by atoms with Gasteiger partial charge in [0.05, 0.1) is 0 Å². The van der Waals surface area contributed by atoms with E-state index in [1.165, 1.54) is 37.9 Å². The maximum atomic E-state index is 9.27. The zero-order chi connectivity index (χ0) is 16.3. The van der Waals surface area contributed by atoms with Gasteiger partial charge in [-0.2, -0.15) is 0 Å². The smallest absolute Gasteiger partial charge is 0.191 e. The van der Waals surface area contributed by atoms with E-state index in [4.69, 9.17) is 0 Å². The zero-order valence-corrected chi connectivity index (χ0v) is 14.2. The van der Waals surface area contributed by atoms with Gasteiger partial charge in [-0.3, -0.25) is 4.99 Å². The van der Waals surface area contributed by atoms with Crippen molar-refractivity contribution in [2.75, 3.05) is 39.8 Å². The van der Waals surface area contributed by atoms with Gasteiger partial charge in [-0.1, -0.05) is 18.6 Å². The number of piperidine rings is 1. The second kappa shape index (κ2) is 10.1. The fourth-order valence-electron chi connectivity index (χ4n) is 2.90. The number of likely N-dealkylation sites (tertiary alicyclic amines) is 1. The Morgan fingerprint density at radius 2 is 1.78 bits per heavy atom. The van der Waals surface area contributed by atoms with Crippen molar-refractivity contribution in [3.8, 4) is 5.75 Å². The first-order valence-electron chi connectivity index (χ1n) is 8.73. The molecular formula is C18H30N4O. The van der Waals surface area contributed by atoms with Crippen LogP contribution in [0.4, 0.5) is 0 Å². The second-order valence-electron chi connectivity index (χ2n) is 6.10. The van der Waals surface area contributed by atoms with E-state index < -0.39 is 0 Å². The first-order chi connectivity index (χ1) is 11.3. The molecule has 5 heteroatoms. The molecular weight excluding hydrogens is 288 g/mol. The molecule has 0 spiro atoms. The van der Waals surface area contributed by atoms with Crippen molar-refractivity contribution in [3.05, 3.63) is 29.8 Å². The molecule has 1 aliphatic rings. The molecule has 3 N–H and O–H groups in total. The fourth-order valence-corrected chi connectivity index (χ4v) is 2.90. The Morgan fingerprint density at radius 1 is 1.09 bits per heavy atom. The number of guanidine groups is 1. The van der Waals surface area contributed by atoms with Crippen molar-refractivity contribution in [2.45, 2.75) is 32.1 Å². The summed E-state index contributed by atoms with van der Waals surface area (Å²) in [6.45, 7) is 5.40. The molecule has 0 unspecified atom stereocenters. The Morgan fingerprint density at radius 3 is 2.48 bits per heavy atom. The van der Waals surface area contributed by atoms with E-state index in [9.17, 15) is 5.11 Å². The molecule has 1 saturated heterocycles. The van der Waals surface area contributed by atoms with E-state index in [0.717, 1.165) is 38.4 Å². The van der Waals surface area contributed by atoms with Gasteiger partial charge < -0.3 is 20.6 Å². The van der Waals surface area contributed by atoms with Crippen molar-refractivity contribution in [3.63, 3.8) is 0 Å². The molecule has 0 aromatic heterocycles. The fraction of sp³-hybridized carbons (Fsp3) is 0.611. The summed E-state index contributed by atoms with van der Waals surface area (Å²) in [6, 6.07) is 7.43. The number of hydrogen-bond donors (Lipinski definition) is 3. The van der Waals surface area contributed by atoms with Crippen LogP contribution in [-0.2, 0) is 6.42 Å². The van der Waals surface area contributed by atoms with E-state index in [2.05, 4.69) is 20.5 Å². The summed E-state index contributed by atoms with van der Waals surface area (Å²) in [4.78, 5) is 6.79. The van der Waals surface area contributed by atoms with Crippen LogP contribution in [0.3, 0.4) is 0 Å². The van der Waals surface area contributed by atoms with Gasteiger partial charge in [-0.25, -0.2) is 0 Å². The van der Waals surface area contributed by atoms with Crippen LogP contribution in [0.25, 0.3) is 0 Å². The first-order valence-corrected chi connectivity index (χ1v) is 8.73. The van der Waals surface area contributed by atoms with Gasteiger partial charge in [-0.15, -0.1) is 0 Å². The molecule has 1 heterocycles. The number of aromatic hydroxyl groups is 1. The molecule has 5 nitrogen and oxygen atoms in total. The highest BCUT2D eigenvalue weighted by Gasteiger charge is 2.09. The molecule has 1 aromatic rings. The maximum absolute atomic E-state index is 9.27. The van der Waals surface area contributed by atoms with Crippen LogP contribution in [0.2, 0.25) is 0 Å². The maximum Gasteiger partial charge on any atom is 0.191 e. The number of nitrogens with one attached hydrogen (secondary N) is 2. The summed E-state index contributed by atoms with van der Waals surface area (Å²) in [6.07, 6.45) is 6.10. The van der Waals surface area contributed by atoms with Crippen molar-refractivity contribution in [2.24, 2.45) is 4.99 Å². The van der Waals surface area contributed by atoms with Crippen molar-refractivity contribution in [1.29, 1.82) is 0 Å². The standard InChI is InChI=1S/C18H30N4O/c1-19-18(21-12-15-22-13-3-2-4-14-22)20-11-5-6-16-7-9-17(23)10-8-16/h7-10,23H,2-6,11-15H2,1H3,(H2,19,20,21). The molecule has 1 aromatic carbocycles. The third-order valence-corrected chi connectivity index (χ3v) is 4.26. The van der Waals surface area contributed by atoms with Crippen molar-refractivity contribution >= 4 is 5.96 Å². The molecule has 128 valence electrons. The molecule has 0 radical (unpaired) electrons. The Hall–Kier alpha value is -1.75. The van der Waals surface area contributed by atoms with E-state index >= 15 is 0 Å². The number of rotatable bonds is 7. The lowest BCUT2D eigenvalue weighted by Gasteiger charge is -2.26. The molecule has 0 bridgehead atoms. The highest BCUT2D eigenvalue weighted by molar-refractivity contribution is 5.79. The SMILES string of the molecule is CN=C(NCCCc1ccc(O)cc1)NCCN1CCCCC1. The summed E-state index contributed by atoms with van der Waals surface area (Å²) >= 11 is 0. The number of phenols is 1. The van der Waals surface area contributed by atoms with E-state index in [1.807, 2.05) is 19.2 Å². The van der Waals surface area contributed by atoms with Gasteiger partial charge in [-0.05, 0) is 56.5 Å². The van der Waals surface area contributed by atoms with Crippen molar-refractivity contribution < 1.29 is 5.11 Å². The number of benzene rings is 1. The lowest BCUT2D eigenvalue weighted by molar-refractivity contribution is 0.232. The second-order valence-corrected chi connectivity index (χ2v) is 6.10. The van der Waals surface area contributed by atoms with Gasteiger partial charge >= 0.3 is 0 Å². The monoisotopic (exact) mass is 318 g/mol. The summed E-state index contributed by atoms with van der Waals surface area (Å²) in [5, 5.41) is 16.0. The van der Waals surface area contributed by atoms with Crippen LogP contribution < -0.4 is 10.6 Å². The summed E-state index contributed by atoms with van der Waals surface area (Å²) in [5.74, 6) is 1.21. The minimum absolute atomic E-state index is 0.324. The van der Waals surface area contributed by atoms with Gasteiger partial charge in [0.1, 0.15) is 5.75 Å². The summed E-state index contributed by atoms with van der Waals surface area (Å²) in [5.41, 5.74) is 1.25. The normalized spacial score (nSPS) is 16.3. The third-order valence-electron chi connectivity index (χ3n) is 4.26. The number of aliphatic imine (C=N–C) groups is 1. The largest absolute Gasteiger partial charge is 0.508 e. The van der Waals surface area contributed by atoms with Crippen LogP contribution in [0.5, 0.6) is 5.75 Å². The van der Waals surface area contributed by atoms with Gasteiger partial charge in [0.15, 0.2) is 5.96 Å². The Bertz CT molecular complexity index is 466. The summed E-state index contributed by atoms with van der Waals surface area (Å²) < 4.78 is 0. The topological polar surface area (TPSA) is 59.9 Å². The minimum Gasteiger partial charge on any atom is -0.508 e. The van der Waals surface area contributed by atoms with Gasteiger partial charge in [0.2, 0.25) is 0 Å². The Balaban J connectivity index is 1.56. The third kappa shape index (κ3) is 6.91. The first kappa shape index (κ1) is 17.6. The predicted molar refractivity (Wildman–Crippen MR) is 96.1 cm³/mol. The lowest BCUT2D eigenvalue weighted by atomic mass is 10.1. The molecule has 0 amide bonds. The highest BCUT2D eigenvalue weighted by Crippen LogP contribution is 2.10. The predicted octanol–water partition coefficient (Wildman–Crippen LogP) is 1.98. The quantitative estimate of drug-likeness (QED) is 0.409. The molecule has 0 saturated carbocycles. The van der Waals surface area contributed by atoms with Gasteiger partial charge in [0.25, 0.3) is 0 Å². The average Bonchev–Trinajstić information content (AvgIpc) is 2.59. The zero-order valence-electron chi connectivity index (χ0n) is 14.2. The average molecular weight is 318 g/mol. The van der Waals surface area contributed by atoms with Gasteiger partial charge in [0, 0.05) is 26.7 Å². The van der Waals surface area contributed by atoms with E-state index in [-0.39, 0.29) is 0 Å². The van der Waals surface area contributed by atoms with Crippen LogP contribution in [0, 0.1) is 0 Å². The van der Waals surface area contributed by atoms with Crippen molar-refractivity contribution in [1.82, 2.24) is 15.5 Å². The Labute approximate surface area is 139 Å². The number of aryl methyl sites for hydroxylation is 1. The summed E-state index contributed by atoms with van der Waals surface area (Å²) in [7, 11) is 1.82. The molecule has 23 heavy (non-hydrogen) atoms. The Kier molecular flexibility index (Phi) is 7.73. The molecule has 0 aliphatic carbocycles. The number of hydrogen-bond acceptors (Lipinski definition) is 3. The van der Waals surface area contributed by atoms with E-state index in [0.29, 0.717) is 5.75 Å². The molecule has 0 atom stereocenters. The highest BCUT2D eigenvalue weighted by atomic mass is 16.3. The van der Waals surface area contributed by atoms with Crippen LogP contribution in [0.1, 0.15) is 31.2 Å². The van der Waals surface area contributed by atoms with Crippen LogP contribution in [-0.4, -0.2) is 55.7 Å². The van der Waals surface area contributed by atoms with Crippen LogP contribution in [0.15, 0.2) is 29.3 Å². The van der Waals surface area contributed by atoms with Crippen LogP contribution >= 0.6 is 0 Å². The lowest BCUT2D eigenvalue weighted by Crippen LogP contribution is -2.42. The minimum atomic E-state index is 0.324.